The third kappa shape index (κ3) is 5.57. The van der Waals surface area contributed by atoms with Gasteiger partial charge in [-0.15, -0.1) is 10.2 Å². The van der Waals surface area contributed by atoms with Crippen molar-refractivity contribution in [3.05, 3.63) is 130 Å². The molecule has 0 aliphatic rings. The van der Waals surface area contributed by atoms with E-state index in [0.29, 0.717) is 23.0 Å². The van der Waals surface area contributed by atoms with Gasteiger partial charge in [-0.2, -0.15) is 0 Å². The molecule has 0 atom stereocenters. The molecule has 0 N–H and O–H groups in total. The predicted octanol–water partition coefficient (Wildman–Crippen LogP) is 8.50. The highest BCUT2D eigenvalue weighted by atomic mass is 32.2. The summed E-state index contributed by atoms with van der Waals surface area (Å²) in [4.78, 5) is 12.9. The quantitative estimate of drug-likeness (QED) is 0.140. The Hall–Kier alpha value is -4.95. The maximum absolute atomic E-state index is 11.8. The maximum atomic E-state index is 11.8. The van der Waals surface area contributed by atoms with E-state index in [1.165, 1.54) is 23.2 Å². The van der Waals surface area contributed by atoms with E-state index < -0.39 is 4.92 Å². The largest absolute Gasteiger partial charge is 0.489 e. The van der Waals surface area contributed by atoms with Gasteiger partial charge in [-0.25, -0.2) is 0 Å². The number of hydrogen-bond acceptors (Lipinski definition) is 7. The first-order valence-corrected chi connectivity index (χ1v) is 13.4. The van der Waals surface area contributed by atoms with E-state index in [0.717, 1.165) is 32.7 Å². The molecular weight excluding hydrogens is 522 g/mol. The Morgan fingerprint density at radius 1 is 0.800 bits per heavy atom. The third-order valence-corrected chi connectivity index (χ3v) is 7.48. The molecule has 0 radical (unpaired) electrons. The van der Waals surface area contributed by atoms with Gasteiger partial charge in [0, 0.05) is 22.1 Å². The lowest BCUT2D eigenvalue weighted by atomic mass is 10.1. The Bertz CT molecular complexity index is 1820. The molecule has 196 valence electrons. The SMILES string of the molecule is Cc1ccc(Sc2ccc(-c3nnc(-c4ccc(COc5ccc6ccccc6c5)cc4)o3)cc2[N+](=O)[O-])cc1. The Labute approximate surface area is 234 Å². The molecule has 0 unspecified atom stereocenters. The van der Waals surface area contributed by atoms with Gasteiger partial charge in [-0.05, 0) is 71.8 Å². The lowest BCUT2D eigenvalue weighted by Gasteiger charge is -2.08. The second kappa shape index (κ2) is 11.0. The number of aryl methyl sites for hydroxylation is 1. The molecule has 1 aromatic heterocycles. The summed E-state index contributed by atoms with van der Waals surface area (Å²) in [5.41, 5.74) is 3.34. The van der Waals surface area contributed by atoms with Gasteiger partial charge < -0.3 is 9.15 Å². The van der Waals surface area contributed by atoms with Gasteiger partial charge in [0.25, 0.3) is 5.69 Å². The van der Waals surface area contributed by atoms with Crippen molar-refractivity contribution in [3.8, 4) is 28.7 Å². The summed E-state index contributed by atoms with van der Waals surface area (Å²) in [5.74, 6) is 1.35. The van der Waals surface area contributed by atoms with Gasteiger partial charge in [0.1, 0.15) is 12.4 Å². The first-order valence-electron chi connectivity index (χ1n) is 12.6. The number of hydrogen-bond donors (Lipinski definition) is 0. The van der Waals surface area contributed by atoms with E-state index in [1.807, 2.05) is 85.8 Å². The van der Waals surface area contributed by atoms with E-state index in [9.17, 15) is 10.1 Å². The molecular formula is C32H23N3O4S. The lowest BCUT2D eigenvalue weighted by molar-refractivity contribution is -0.387. The third-order valence-electron chi connectivity index (χ3n) is 6.40. The zero-order chi connectivity index (χ0) is 27.5. The summed E-state index contributed by atoms with van der Waals surface area (Å²) < 4.78 is 11.9. The number of nitro benzene ring substituents is 1. The van der Waals surface area contributed by atoms with Crippen molar-refractivity contribution in [2.75, 3.05) is 0 Å². The lowest BCUT2D eigenvalue weighted by Crippen LogP contribution is -1.95. The second-order valence-electron chi connectivity index (χ2n) is 9.26. The van der Waals surface area contributed by atoms with Crippen LogP contribution in [-0.4, -0.2) is 15.1 Å². The summed E-state index contributed by atoms with van der Waals surface area (Å²) in [6.45, 7) is 2.42. The number of rotatable bonds is 8. The van der Waals surface area contributed by atoms with Crippen LogP contribution in [0, 0.1) is 17.0 Å². The van der Waals surface area contributed by atoms with Crippen molar-refractivity contribution in [1.82, 2.24) is 10.2 Å². The van der Waals surface area contributed by atoms with Gasteiger partial charge in [-0.3, -0.25) is 10.1 Å². The molecule has 40 heavy (non-hydrogen) atoms. The minimum Gasteiger partial charge on any atom is -0.489 e. The number of nitro groups is 1. The Kier molecular flexibility index (Phi) is 6.99. The van der Waals surface area contributed by atoms with Crippen molar-refractivity contribution in [1.29, 1.82) is 0 Å². The smallest absolute Gasteiger partial charge is 0.284 e. The molecule has 0 saturated heterocycles. The topological polar surface area (TPSA) is 91.3 Å². The first kappa shape index (κ1) is 25.3. The minimum atomic E-state index is -0.393. The van der Waals surface area contributed by atoms with E-state index >= 15 is 0 Å². The van der Waals surface area contributed by atoms with Gasteiger partial charge in [0.15, 0.2) is 0 Å². The fourth-order valence-corrected chi connectivity index (χ4v) is 5.14. The van der Waals surface area contributed by atoms with Crippen LogP contribution in [0.3, 0.4) is 0 Å². The summed E-state index contributed by atoms with van der Waals surface area (Å²) in [6, 6.07) is 34.7. The van der Waals surface area contributed by atoms with Crippen molar-refractivity contribution < 1.29 is 14.1 Å². The zero-order valence-electron chi connectivity index (χ0n) is 21.5. The predicted molar refractivity (Wildman–Crippen MR) is 155 cm³/mol. The highest BCUT2D eigenvalue weighted by molar-refractivity contribution is 7.99. The molecule has 0 amide bonds. The molecule has 6 aromatic rings. The molecule has 0 spiro atoms. The summed E-state index contributed by atoms with van der Waals surface area (Å²) in [5, 5.41) is 22.4. The summed E-state index contributed by atoms with van der Waals surface area (Å²) >= 11 is 1.34. The fourth-order valence-electron chi connectivity index (χ4n) is 4.24. The van der Waals surface area contributed by atoms with E-state index in [4.69, 9.17) is 9.15 Å². The van der Waals surface area contributed by atoms with Crippen LogP contribution in [0.2, 0.25) is 0 Å². The van der Waals surface area contributed by atoms with Crippen LogP contribution in [0.25, 0.3) is 33.7 Å². The number of benzene rings is 5. The number of nitrogens with zero attached hydrogens (tertiary/aromatic N) is 3. The summed E-state index contributed by atoms with van der Waals surface area (Å²) in [6.07, 6.45) is 0. The molecule has 5 aromatic carbocycles. The highest BCUT2D eigenvalue weighted by Gasteiger charge is 2.19. The van der Waals surface area contributed by atoms with Crippen LogP contribution in [-0.2, 0) is 6.61 Å². The van der Waals surface area contributed by atoms with Gasteiger partial charge in [0.2, 0.25) is 11.8 Å². The molecule has 8 heteroatoms. The van der Waals surface area contributed by atoms with Gasteiger partial charge in [0.05, 0.1) is 9.82 Å². The van der Waals surface area contributed by atoms with Crippen LogP contribution in [0.1, 0.15) is 11.1 Å². The van der Waals surface area contributed by atoms with Crippen molar-refractivity contribution in [3.63, 3.8) is 0 Å². The minimum absolute atomic E-state index is 0.0152. The second-order valence-corrected chi connectivity index (χ2v) is 10.4. The standard InChI is InChI=1S/C32H23N3O4S/c1-21-6-15-28(16-7-21)40-30-17-13-26(19-29(30)35(36)37)32-34-33-31(39-32)24-10-8-22(9-11-24)20-38-27-14-12-23-4-2-3-5-25(23)18-27/h2-19H,20H2,1H3. The number of fused-ring (bicyclic) bond motifs is 1. The van der Waals surface area contributed by atoms with Crippen molar-refractivity contribution in [2.24, 2.45) is 0 Å². The fraction of sp³-hybridized carbons (Fsp3) is 0.0625. The molecule has 7 nitrogen and oxygen atoms in total. The number of aromatic nitrogens is 2. The van der Waals surface area contributed by atoms with E-state index in [-0.39, 0.29) is 11.6 Å². The first-order chi connectivity index (χ1) is 19.5. The molecule has 0 aliphatic heterocycles. The monoisotopic (exact) mass is 545 g/mol. The van der Waals surface area contributed by atoms with Crippen LogP contribution in [0.4, 0.5) is 5.69 Å². The molecule has 0 aliphatic carbocycles. The van der Waals surface area contributed by atoms with Crippen LogP contribution < -0.4 is 4.74 Å². The van der Waals surface area contributed by atoms with Crippen molar-refractivity contribution >= 4 is 28.2 Å². The van der Waals surface area contributed by atoms with E-state index in [2.05, 4.69) is 22.3 Å². The average Bonchev–Trinajstić information content (AvgIpc) is 3.48. The van der Waals surface area contributed by atoms with Crippen molar-refractivity contribution in [2.45, 2.75) is 23.3 Å². The highest BCUT2D eigenvalue weighted by Crippen LogP contribution is 2.37. The Balaban J connectivity index is 1.15. The van der Waals surface area contributed by atoms with Crippen LogP contribution in [0.5, 0.6) is 5.75 Å². The Morgan fingerprint density at radius 2 is 1.50 bits per heavy atom. The summed E-state index contributed by atoms with van der Waals surface area (Å²) in [7, 11) is 0. The van der Waals surface area contributed by atoms with Crippen LogP contribution >= 0.6 is 11.8 Å². The van der Waals surface area contributed by atoms with Gasteiger partial charge >= 0.3 is 0 Å². The molecule has 6 rings (SSSR count). The molecule has 1 heterocycles. The van der Waals surface area contributed by atoms with Gasteiger partial charge in [-0.1, -0.05) is 71.9 Å². The molecule has 0 bridgehead atoms. The molecule has 0 saturated carbocycles. The normalized spacial score (nSPS) is 11.0. The molecule has 0 fully saturated rings. The average molecular weight is 546 g/mol. The number of ether oxygens (including phenoxy) is 1. The zero-order valence-corrected chi connectivity index (χ0v) is 22.3. The van der Waals surface area contributed by atoms with Crippen LogP contribution in [0.15, 0.2) is 123 Å². The Morgan fingerprint density at radius 3 is 2.25 bits per heavy atom. The van der Waals surface area contributed by atoms with E-state index in [1.54, 1.807) is 12.1 Å². The maximum Gasteiger partial charge on any atom is 0.284 e.